The number of carbonyl (C=O) groups is 2. The van der Waals surface area contributed by atoms with Gasteiger partial charge in [-0.15, -0.1) is 0 Å². The molecular weight excluding hydrogens is 450 g/mol. The Balaban J connectivity index is 2.07. The zero-order valence-electron chi connectivity index (χ0n) is 18.1. The lowest BCUT2D eigenvalue weighted by atomic mass is 10.2. The molecule has 8 nitrogen and oxygen atoms in total. The fraction of sp³-hybridized carbons (Fsp3) is 0.318. The van der Waals surface area contributed by atoms with E-state index in [1.54, 1.807) is 25.1 Å². The number of hydrogen-bond donors (Lipinski definition) is 1. The number of nitrogens with zero attached hydrogens (tertiary/aromatic N) is 2. The van der Waals surface area contributed by atoms with Gasteiger partial charge in [0.25, 0.3) is 5.91 Å². The number of fused-ring (bicyclic) bond motifs is 1. The Kier molecular flexibility index (Phi) is 7.60. The summed E-state index contributed by atoms with van der Waals surface area (Å²) in [5.74, 6) is -0.754. The first-order chi connectivity index (χ1) is 15.2. The summed E-state index contributed by atoms with van der Waals surface area (Å²) in [4.78, 5) is 29.1. The number of amides is 2. The number of nitrogens with one attached hydrogen (secondary N) is 1. The average molecular weight is 476 g/mol. The highest BCUT2D eigenvalue weighted by Crippen LogP contribution is 2.22. The van der Waals surface area contributed by atoms with E-state index in [9.17, 15) is 18.0 Å². The molecule has 3 aromatic rings. The van der Waals surface area contributed by atoms with Crippen LogP contribution < -0.4 is 10.1 Å². The molecule has 1 aromatic heterocycles. The molecule has 0 aliphatic carbocycles. The Bertz CT molecular complexity index is 1320. The molecule has 0 radical (unpaired) electrons. The molecule has 0 unspecified atom stereocenters. The molecule has 2 amide bonds. The quantitative estimate of drug-likeness (QED) is 0.504. The molecule has 1 N–H and O–H groups in total. The molecule has 10 heteroatoms. The highest BCUT2D eigenvalue weighted by molar-refractivity contribution is 7.91. The second-order valence-electron chi connectivity index (χ2n) is 6.95. The van der Waals surface area contributed by atoms with E-state index in [-0.39, 0.29) is 22.1 Å². The zero-order chi connectivity index (χ0) is 23.3. The van der Waals surface area contributed by atoms with Crippen molar-refractivity contribution in [2.75, 3.05) is 24.3 Å². The van der Waals surface area contributed by atoms with Gasteiger partial charge in [-0.25, -0.2) is 8.42 Å². The van der Waals surface area contributed by atoms with E-state index in [4.69, 9.17) is 4.74 Å². The number of carbonyl (C=O) groups excluding carboxylic acids is 2. The van der Waals surface area contributed by atoms with Gasteiger partial charge in [-0.1, -0.05) is 24.3 Å². The third-order valence-corrected chi connectivity index (χ3v) is 7.46. The number of sulfone groups is 1. The van der Waals surface area contributed by atoms with Crippen molar-refractivity contribution in [2.45, 2.75) is 32.2 Å². The molecule has 0 spiro atoms. The minimum absolute atomic E-state index is 0.0494. The maximum atomic E-state index is 12.9. The van der Waals surface area contributed by atoms with Gasteiger partial charge < -0.3 is 14.6 Å². The first-order valence-electron chi connectivity index (χ1n) is 10.2. The molecule has 0 aliphatic rings. The molecule has 3 rings (SSSR count). The van der Waals surface area contributed by atoms with Crippen molar-refractivity contribution >= 4 is 48.9 Å². The molecule has 2 aromatic carbocycles. The van der Waals surface area contributed by atoms with Crippen molar-refractivity contribution in [1.82, 2.24) is 4.57 Å². The van der Waals surface area contributed by atoms with E-state index >= 15 is 0 Å². The van der Waals surface area contributed by atoms with Crippen LogP contribution in [0, 0.1) is 0 Å². The predicted octanol–water partition coefficient (Wildman–Crippen LogP) is 3.23. The standard InChI is InChI=1S/C22H25N3O5S2/c1-4-30-12-11-25-19-10-9-17(23-15(3)26)14-20(19)31-22(25)24-21(27)16-7-6-8-18(13-16)32(28,29)5-2/h6-10,13-14H,4-5,11-12H2,1-3H3,(H,23,26). The second kappa shape index (κ2) is 10.2. The summed E-state index contributed by atoms with van der Waals surface area (Å²) in [5.41, 5.74) is 1.71. The van der Waals surface area contributed by atoms with Crippen LogP contribution in [-0.2, 0) is 25.9 Å². The van der Waals surface area contributed by atoms with Gasteiger partial charge in [0.1, 0.15) is 0 Å². The summed E-state index contributed by atoms with van der Waals surface area (Å²) in [7, 11) is -3.43. The zero-order valence-corrected chi connectivity index (χ0v) is 19.8. The second-order valence-corrected chi connectivity index (χ2v) is 10.2. The van der Waals surface area contributed by atoms with Gasteiger partial charge in [0.15, 0.2) is 14.6 Å². The van der Waals surface area contributed by atoms with Crippen molar-refractivity contribution in [3.8, 4) is 0 Å². The smallest absolute Gasteiger partial charge is 0.279 e. The molecule has 0 aliphatic heterocycles. The summed E-state index contributed by atoms with van der Waals surface area (Å²) in [6, 6.07) is 11.4. The SMILES string of the molecule is CCOCCn1c(=NC(=O)c2cccc(S(=O)(=O)CC)c2)sc2cc(NC(C)=O)ccc21. The molecule has 170 valence electrons. The Morgan fingerprint density at radius 2 is 1.94 bits per heavy atom. The molecule has 0 saturated carbocycles. The molecule has 0 bridgehead atoms. The molecule has 0 atom stereocenters. The maximum absolute atomic E-state index is 12.9. The largest absolute Gasteiger partial charge is 0.380 e. The van der Waals surface area contributed by atoms with Crippen LogP contribution in [0.4, 0.5) is 5.69 Å². The fourth-order valence-electron chi connectivity index (χ4n) is 3.10. The van der Waals surface area contributed by atoms with Gasteiger partial charge in [0, 0.05) is 31.3 Å². The van der Waals surface area contributed by atoms with Gasteiger partial charge in [0.05, 0.1) is 27.5 Å². The number of rotatable bonds is 8. The normalized spacial score (nSPS) is 12.3. The minimum atomic E-state index is -3.43. The number of thiazole rings is 1. The van der Waals surface area contributed by atoms with Crippen molar-refractivity contribution in [3.63, 3.8) is 0 Å². The van der Waals surface area contributed by atoms with Crippen LogP contribution in [-0.4, -0.2) is 43.8 Å². The van der Waals surface area contributed by atoms with E-state index in [0.717, 1.165) is 10.2 Å². The first kappa shape index (κ1) is 23.8. The van der Waals surface area contributed by atoms with Crippen molar-refractivity contribution in [1.29, 1.82) is 0 Å². The fourth-order valence-corrected chi connectivity index (χ4v) is 5.12. The molecule has 32 heavy (non-hydrogen) atoms. The molecule has 0 saturated heterocycles. The third kappa shape index (κ3) is 5.50. The number of anilines is 1. The highest BCUT2D eigenvalue weighted by Gasteiger charge is 2.15. The molecular formula is C22H25N3O5S2. The van der Waals surface area contributed by atoms with Crippen molar-refractivity contribution in [3.05, 3.63) is 52.8 Å². The first-order valence-corrected chi connectivity index (χ1v) is 12.6. The lowest BCUT2D eigenvalue weighted by Gasteiger charge is -2.07. The number of benzene rings is 2. The number of ether oxygens (including phenoxy) is 1. The van der Waals surface area contributed by atoms with Gasteiger partial charge >= 0.3 is 0 Å². The monoisotopic (exact) mass is 475 g/mol. The predicted molar refractivity (Wildman–Crippen MR) is 125 cm³/mol. The lowest BCUT2D eigenvalue weighted by Crippen LogP contribution is -2.20. The van der Waals surface area contributed by atoms with Gasteiger partial charge in [-0.2, -0.15) is 4.99 Å². The number of hydrogen-bond acceptors (Lipinski definition) is 6. The van der Waals surface area contributed by atoms with Crippen LogP contribution in [0.2, 0.25) is 0 Å². The highest BCUT2D eigenvalue weighted by atomic mass is 32.2. The maximum Gasteiger partial charge on any atom is 0.279 e. The Hall–Kier alpha value is -2.82. The van der Waals surface area contributed by atoms with Gasteiger partial charge in [-0.05, 0) is 43.3 Å². The summed E-state index contributed by atoms with van der Waals surface area (Å²) >= 11 is 1.31. The van der Waals surface area contributed by atoms with E-state index in [0.29, 0.717) is 30.2 Å². The van der Waals surface area contributed by atoms with E-state index < -0.39 is 15.7 Å². The summed E-state index contributed by atoms with van der Waals surface area (Å²) < 4.78 is 32.6. The summed E-state index contributed by atoms with van der Waals surface area (Å²) in [5, 5.41) is 2.75. The van der Waals surface area contributed by atoms with Gasteiger partial charge in [0.2, 0.25) is 5.91 Å². The minimum Gasteiger partial charge on any atom is -0.380 e. The summed E-state index contributed by atoms with van der Waals surface area (Å²) in [6.07, 6.45) is 0. The van der Waals surface area contributed by atoms with Crippen LogP contribution in [0.1, 0.15) is 31.1 Å². The number of aromatic nitrogens is 1. The molecule has 0 fully saturated rings. The third-order valence-electron chi connectivity index (χ3n) is 4.68. The van der Waals surface area contributed by atoms with Crippen LogP contribution in [0.3, 0.4) is 0 Å². The topological polar surface area (TPSA) is 107 Å². The van der Waals surface area contributed by atoms with Crippen LogP contribution in [0.5, 0.6) is 0 Å². The summed E-state index contributed by atoms with van der Waals surface area (Å²) in [6.45, 7) is 6.40. The van der Waals surface area contributed by atoms with Crippen LogP contribution in [0.15, 0.2) is 52.4 Å². The van der Waals surface area contributed by atoms with E-state index in [1.807, 2.05) is 23.6 Å². The van der Waals surface area contributed by atoms with Gasteiger partial charge in [-0.3, -0.25) is 9.59 Å². The van der Waals surface area contributed by atoms with E-state index in [2.05, 4.69) is 10.3 Å². The average Bonchev–Trinajstić information content (AvgIpc) is 3.09. The van der Waals surface area contributed by atoms with Crippen LogP contribution in [0.25, 0.3) is 10.2 Å². The Labute approximate surface area is 190 Å². The van der Waals surface area contributed by atoms with Crippen molar-refractivity contribution in [2.24, 2.45) is 4.99 Å². The lowest BCUT2D eigenvalue weighted by molar-refractivity contribution is -0.114. The van der Waals surface area contributed by atoms with E-state index in [1.165, 1.54) is 30.4 Å². The van der Waals surface area contributed by atoms with Crippen LogP contribution >= 0.6 is 11.3 Å². The Morgan fingerprint density at radius 1 is 1.16 bits per heavy atom. The van der Waals surface area contributed by atoms with Crippen molar-refractivity contribution < 1.29 is 22.7 Å². The molecule has 1 heterocycles. The Morgan fingerprint density at radius 3 is 2.62 bits per heavy atom.